The maximum absolute atomic E-state index is 12.7. The Bertz CT molecular complexity index is 980. The molecule has 1 saturated carbocycles. The molecule has 0 bridgehead atoms. The quantitative estimate of drug-likeness (QED) is 0.582. The summed E-state index contributed by atoms with van der Waals surface area (Å²) in [5.74, 6) is -2.29. The lowest BCUT2D eigenvalue weighted by Gasteiger charge is -2.34. The van der Waals surface area contributed by atoms with Crippen molar-refractivity contribution in [3.63, 3.8) is 0 Å². The van der Waals surface area contributed by atoms with Crippen molar-refractivity contribution in [1.82, 2.24) is 5.32 Å². The summed E-state index contributed by atoms with van der Waals surface area (Å²) in [6.45, 7) is 1.09. The summed E-state index contributed by atoms with van der Waals surface area (Å²) < 4.78 is 5.28. The predicted molar refractivity (Wildman–Crippen MR) is 118 cm³/mol. The van der Waals surface area contributed by atoms with Gasteiger partial charge in [-0.3, -0.25) is 4.90 Å². The first kappa shape index (κ1) is 22.6. The molecule has 3 rings (SSSR count). The van der Waals surface area contributed by atoms with Crippen LogP contribution in [-0.2, 0) is 4.79 Å². The molecule has 1 aromatic carbocycles. The van der Waals surface area contributed by atoms with Gasteiger partial charge in [0.15, 0.2) is 11.5 Å². The molecule has 1 aliphatic rings. The second kappa shape index (κ2) is 9.82. The minimum Gasteiger partial charge on any atom is -0.480 e. The Morgan fingerprint density at radius 3 is 2.52 bits per heavy atom. The number of carboxylic acids is 2. The van der Waals surface area contributed by atoms with Gasteiger partial charge in [-0.25, -0.2) is 14.4 Å². The Labute approximate surface area is 184 Å². The number of carbonyl (C=O) groups is 3. The molecule has 2 amide bonds. The number of amides is 2. The van der Waals surface area contributed by atoms with Crippen molar-refractivity contribution in [2.45, 2.75) is 45.1 Å². The third-order valence-corrected chi connectivity index (χ3v) is 6.69. The van der Waals surface area contributed by atoms with E-state index in [4.69, 9.17) is 9.84 Å². The van der Waals surface area contributed by atoms with Gasteiger partial charge in [-0.05, 0) is 37.5 Å². The Balaban J connectivity index is 2.02. The fourth-order valence-electron chi connectivity index (χ4n) is 3.97. The molecule has 0 saturated heterocycles. The second-order valence-corrected chi connectivity index (χ2v) is 8.49. The van der Waals surface area contributed by atoms with E-state index >= 15 is 0 Å². The monoisotopic (exact) mass is 446 g/mol. The van der Waals surface area contributed by atoms with Gasteiger partial charge in [0.05, 0.1) is 0 Å². The van der Waals surface area contributed by atoms with Gasteiger partial charge in [0.1, 0.15) is 5.75 Å². The summed E-state index contributed by atoms with van der Waals surface area (Å²) in [4.78, 5) is 37.7. The van der Waals surface area contributed by atoms with E-state index in [2.05, 4.69) is 5.32 Å². The zero-order chi connectivity index (χ0) is 22.5. The number of carboxylic acid groups (broad SMARTS) is 2. The van der Waals surface area contributed by atoms with E-state index in [-0.39, 0.29) is 22.7 Å². The zero-order valence-corrected chi connectivity index (χ0v) is 18.3. The molecule has 2 aromatic rings. The fourth-order valence-corrected chi connectivity index (χ4v) is 5.06. The zero-order valence-electron chi connectivity index (χ0n) is 17.5. The lowest BCUT2D eigenvalue weighted by atomic mass is 9.93. The highest BCUT2D eigenvalue weighted by atomic mass is 32.1. The molecule has 1 fully saturated rings. The Kier molecular flexibility index (Phi) is 7.17. The molecule has 0 unspecified atom stereocenters. The predicted octanol–water partition coefficient (Wildman–Crippen LogP) is 4.36. The van der Waals surface area contributed by atoms with Crippen LogP contribution in [0.25, 0.3) is 10.4 Å². The molecule has 1 heterocycles. The Hall–Kier alpha value is -3.07. The average Bonchev–Trinajstić information content (AvgIpc) is 3.09. The maximum atomic E-state index is 12.7. The molecular formula is C22H26N2O6S. The molecule has 1 aliphatic carbocycles. The SMILES string of the molecule is CNC(=O)N(c1cccc(-c2sc(C(=O)O)c(OCC(=O)O)c2C)c1)C1CCCCC1. The molecule has 8 nitrogen and oxygen atoms in total. The van der Waals surface area contributed by atoms with Crippen molar-refractivity contribution < 1.29 is 29.3 Å². The number of rotatable bonds is 7. The third-order valence-electron chi connectivity index (χ3n) is 5.38. The topological polar surface area (TPSA) is 116 Å². The number of carbonyl (C=O) groups excluding carboxylic acids is 1. The van der Waals surface area contributed by atoms with Gasteiger partial charge in [-0.1, -0.05) is 31.4 Å². The highest BCUT2D eigenvalue weighted by Crippen LogP contribution is 2.42. The van der Waals surface area contributed by atoms with E-state index in [1.165, 1.54) is 6.42 Å². The van der Waals surface area contributed by atoms with Crippen LogP contribution in [0.2, 0.25) is 0 Å². The molecule has 0 spiro atoms. The molecule has 0 aliphatic heterocycles. The summed E-state index contributed by atoms with van der Waals surface area (Å²) in [5.41, 5.74) is 2.05. The number of nitrogens with zero attached hydrogens (tertiary/aromatic N) is 1. The molecule has 166 valence electrons. The van der Waals surface area contributed by atoms with Crippen molar-refractivity contribution in [1.29, 1.82) is 0 Å². The molecule has 3 N–H and O–H groups in total. The van der Waals surface area contributed by atoms with Crippen LogP contribution in [0.1, 0.15) is 47.3 Å². The Morgan fingerprint density at radius 1 is 1.19 bits per heavy atom. The van der Waals surface area contributed by atoms with Crippen molar-refractivity contribution in [3.05, 3.63) is 34.7 Å². The van der Waals surface area contributed by atoms with Crippen LogP contribution in [0, 0.1) is 6.92 Å². The first-order valence-corrected chi connectivity index (χ1v) is 11.0. The van der Waals surface area contributed by atoms with Crippen LogP contribution < -0.4 is 15.0 Å². The van der Waals surface area contributed by atoms with Crippen molar-refractivity contribution in [2.75, 3.05) is 18.6 Å². The largest absolute Gasteiger partial charge is 0.480 e. The van der Waals surface area contributed by atoms with Gasteiger partial charge in [0.25, 0.3) is 0 Å². The number of aromatic carboxylic acids is 1. The summed E-state index contributed by atoms with van der Waals surface area (Å²) in [6.07, 6.45) is 5.20. The van der Waals surface area contributed by atoms with Crippen LogP contribution in [-0.4, -0.2) is 47.9 Å². The van der Waals surface area contributed by atoms with Gasteiger partial charge in [-0.15, -0.1) is 11.3 Å². The van der Waals surface area contributed by atoms with Crippen molar-refractivity contribution >= 4 is 35.0 Å². The first-order valence-electron chi connectivity index (χ1n) is 10.2. The molecular weight excluding hydrogens is 420 g/mol. The standard InChI is InChI=1S/C22H26N2O6S/c1-13-18(30-12-17(25)26)20(21(27)28)31-19(13)14-7-6-10-16(11-14)24(22(29)23-2)15-8-4-3-5-9-15/h6-7,10-11,15H,3-5,8-9,12H2,1-2H3,(H,23,29)(H,25,26)(H,27,28). The Morgan fingerprint density at radius 2 is 1.90 bits per heavy atom. The second-order valence-electron chi connectivity index (χ2n) is 7.47. The summed E-state index contributed by atoms with van der Waals surface area (Å²) in [5, 5.41) is 21.2. The molecule has 9 heteroatoms. The van der Waals surface area contributed by atoms with Crippen LogP contribution in [0.4, 0.5) is 10.5 Å². The van der Waals surface area contributed by atoms with Gasteiger partial charge in [-0.2, -0.15) is 0 Å². The first-order chi connectivity index (χ1) is 14.8. The van der Waals surface area contributed by atoms with Crippen molar-refractivity contribution in [2.24, 2.45) is 0 Å². The number of nitrogens with one attached hydrogen (secondary N) is 1. The van der Waals surface area contributed by atoms with E-state index in [0.717, 1.165) is 48.3 Å². The average molecular weight is 447 g/mol. The van der Waals surface area contributed by atoms with E-state index in [0.29, 0.717) is 10.4 Å². The normalized spacial score (nSPS) is 14.1. The number of ether oxygens (including phenoxy) is 1. The molecule has 31 heavy (non-hydrogen) atoms. The number of urea groups is 1. The maximum Gasteiger partial charge on any atom is 0.349 e. The lowest BCUT2D eigenvalue weighted by molar-refractivity contribution is -0.139. The minimum atomic E-state index is -1.18. The van der Waals surface area contributed by atoms with Gasteiger partial charge in [0, 0.05) is 29.2 Å². The van der Waals surface area contributed by atoms with Crippen molar-refractivity contribution in [3.8, 4) is 16.2 Å². The summed E-state index contributed by atoms with van der Waals surface area (Å²) in [7, 11) is 1.61. The number of anilines is 1. The number of thiophene rings is 1. The highest BCUT2D eigenvalue weighted by Gasteiger charge is 2.28. The van der Waals surface area contributed by atoms with Gasteiger partial charge in [0.2, 0.25) is 0 Å². The van der Waals surface area contributed by atoms with Crippen LogP contribution >= 0.6 is 11.3 Å². The van der Waals surface area contributed by atoms with Crippen LogP contribution in [0.15, 0.2) is 24.3 Å². The van der Waals surface area contributed by atoms with Gasteiger partial charge < -0.3 is 20.3 Å². The number of benzene rings is 1. The van der Waals surface area contributed by atoms with E-state index in [1.54, 1.807) is 18.9 Å². The number of hydrogen-bond acceptors (Lipinski definition) is 5. The lowest BCUT2D eigenvalue weighted by Crippen LogP contribution is -2.46. The van der Waals surface area contributed by atoms with Gasteiger partial charge >= 0.3 is 18.0 Å². The third kappa shape index (κ3) is 4.99. The minimum absolute atomic E-state index is 0.0467. The fraction of sp³-hybridized carbons (Fsp3) is 0.409. The summed E-state index contributed by atoms with van der Waals surface area (Å²) in [6, 6.07) is 7.35. The molecule has 0 atom stereocenters. The van der Waals surface area contributed by atoms with E-state index in [9.17, 15) is 19.5 Å². The molecule has 0 radical (unpaired) electrons. The number of hydrogen-bond donors (Lipinski definition) is 3. The number of aliphatic carboxylic acids is 1. The molecule has 1 aromatic heterocycles. The smallest absolute Gasteiger partial charge is 0.349 e. The highest BCUT2D eigenvalue weighted by molar-refractivity contribution is 7.18. The van der Waals surface area contributed by atoms with E-state index < -0.39 is 18.5 Å². The van der Waals surface area contributed by atoms with E-state index in [1.807, 2.05) is 24.3 Å². The van der Waals surface area contributed by atoms with Crippen LogP contribution in [0.5, 0.6) is 5.75 Å². The van der Waals surface area contributed by atoms with Crippen LogP contribution in [0.3, 0.4) is 0 Å². The summed E-state index contributed by atoms with van der Waals surface area (Å²) >= 11 is 1.03.